The van der Waals surface area contributed by atoms with Gasteiger partial charge in [-0.05, 0) is 30.8 Å². The summed E-state index contributed by atoms with van der Waals surface area (Å²) in [5.74, 6) is 0.816. The van der Waals surface area contributed by atoms with E-state index in [1.54, 1.807) is 10.7 Å². The molecule has 0 fully saturated rings. The SMILES string of the molecule is Cc1ccnc2c(-c3cccc(OCc4ccccc4)c3)[c-]nn12.[Y]. The van der Waals surface area contributed by atoms with Crippen molar-refractivity contribution < 1.29 is 37.4 Å². The molecule has 0 bridgehead atoms. The molecule has 25 heavy (non-hydrogen) atoms. The van der Waals surface area contributed by atoms with Crippen molar-refractivity contribution >= 4 is 5.65 Å². The third-order valence-corrected chi connectivity index (χ3v) is 3.90. The molecule has 0 amide bonds. The fraction of sp³-hybridized carbons (Fsp3) is 0.100. The van der Waals surface area contributed by atoms with Crippen LogP contribution in [-0.4, -0.2) is 14.6 Å². The van der Waals surface area contributed by atoms with E-state index in [0.29, 0.717) is 6.61 Å². The minimum absolute atomic E-state index is 0. The summed E-state index contributed by atoms with van der Waals surface area (Å²) in [5.41, 5.74) is 4.84. The zero-order valence-corrected chi connectivity index (χ0v) is 16.7. The zero-order chi connectivity index (χ0) is 16.4. The Hall–Kier alpha value is -2.04. The Morgan fingerprint density at radius 2 is 1.88 bits per heavy atom. The van der Waals surface area contributed by atoms with E-state index in [4.69, 9.17) is 4.74 Å². The Bertz CT molecular complexity index is 983. The van der Waals surface area contributed by atoms with E-state index in [1.807, 2.05) is 55.5 Å². The quantitative estimate of drug-likeness (QED) is 0.482. The van der Waals surface area contributed by atoms with Crippen molar-refractivity contribution in [2.75, 3.05) is 0 Å². The Morgan fingerprint density at radius 3 is 2.72 bits per heavy atom. The Morgan fingerprint density at radius 1 is 1.04 bits per heavy atom. The Labute approximate surface area is 171 Å². The van der Waals surface area contributed by atoms with E-state index in [2.05, 4.69) is 28.4 Å². The molecule has 0 aliphatic rings. The van der Waals surface area contributed by atoms with E-state index in [1.165, 1.54) is 0 Å². The average Bonchev–Trinajstić information content (AvgIpc) is 3.07. The maximum absolute atomic E-state index is 5.91. The number of hydrogen-bond donors (Lipinski definition) is 0. The molecule has 0 aliphatic heterocycles. The van der Waals surface area contributed by atoms with Gasteiger partial charge in [0, 0.05) is 50.2 Å². The topological polar surface area (TPSA) is 39.4 Å². The maximum atomic E-state index is 5.91. The van der Waals surface area contributed by atoms with E-state index < -0.39 is 0 Å². The molecule has 4 aromatic rings. The second-order valence-corrected chi connectivity index (χ2v) is 5.61. The molecule has 2 aromatic carbocycles. The van der Waals surface area contributed by atoms with Crippen LogP contribution in [0.25, 0.3) is 16.8 Å². The van der Waals surface area contributed by atoms with Gasteiger partial charge in [0.15, 0.2) is 0 Å². The van der Waals surface area contributed by atoms with Gasteiger partial charge in [-0.25, -0.2) is 0 Å². The summed E-state index contributed by atoms with van der Waals surface area (Å²) >= 11 is 0. The van der Waals surface area contributed by atoms with E-state index >= 15 is 0 Å². The number of aryl methyl sites for hydroxylation is 1. The third-order valence-electron chi connectivity index (χ3n) is 3.90. The van der Waals surface area contributed by atoms with Crippen molar-refractivity contribution in [3.05, 3.63) is 84.3 Å². The molecule has 121 valence electrons. The number of aromatic nitrogens is 3. The van der Waals surface area contributed by atoms with Crippen molar-refractivity contribution in [3.8, 4) is 16.9 Å². The van der Waals surface area contributed by atoms with Crippen LogP contribution < -0.4 is 4.74 Å². The van der Waals surface area contributed by atoms with Crippen LogP contribution in [0.5, 0.6) is 5.75 Å². The second-order valence-electron chi connectivity index (χ2n) is 5.61. The van der Waals surface area contributed by atoms with Gasteiger partial charge in [0.2, 0.25) is 0 Å². The molecule has 0 atom stereocenters. The van der Waals surface area contributed by atoms with Gasteiger partial charge in [0.05, 0.1) is 0 Å². The van der Waals surface area contributed by atoms with E-state index in [9.17, 15) is 0 Å². The van der Waals surface area contributed by atoms with E-state index in [-0.39, 0.29) is 32.7 Å². The van der Waals surface area contributed by atoms with Crippen LogP contribution >= 0.6 is 0 Å². The van der Waals surface area contributed by atoms with Gasteiger partial charge in [0.1, 0.15) is 12.4 Å². The number of hydrogen-bond acceptors (Lipinski definition) is 3. The molecule has 4 nitrogen and oxygen atoms in total. The van der Waals surface area contributed by atoms with Gasteiger partial charge >= 0.3 is 0 Å². The summed E-state index contributed by atoms with van der Waals surface area (Å²) in [6, 6.07) is 20.0. The predicted octanol–water partition coefficient (Wildman–Crippen LogP) is 4.08. The molecular formula is C20H16N3OY-. The molecular weight excluding hydrogens is 387 g/mol. The normalized spacial score (nSPS) is 10.4. The van der Waals surface area contributed by atoms with Crippen molar-refractivity contribution in [1.82, 2.24) is 14.6 Å². The molecule has 0 saturated heterocycles. The van der Waals surface area contributed by atoms with E-state index in [0.717, 1.165) is 33.8 Å². The molecule has 1 radical (unpaired) electrons. The van der Waals surface area contributed by atoms with Crippen molar-refractivity contribution in [2.24, 2.45) is 0 Å². The first kappa shape index (κ1) is 17.8. The third kappa shape index (κ3) is 3.81. The maximum Gasteiger partial charge on any atom is 0.113 e. The largest absolute Gasteiger partial charge is 0.490 e. The standard InChI is InChI=1S/C20H16N3O.Y/c1-15-10-11-21-20-19(13-22-23(15)20)17-8-5-9-18(12-17)24-14-16-6-3-2-4-7-16;/h2-12H,14H2,1H3;/q-1;. The molecule has 0 unspecified atom stereocenters. The summed E-state index contributed by atoms with van der Waals surface area (Å²) in [6.45, 7) is 2.54. The first-order chi connectivity index (χ1) is 11.8. The van der Waals surface area contributed by atoms with Crippen LogP contribution in [0, 0.1) is 13.1 Å². The average molecular weight is 403 g/mol. The van der Waals surface area contributed by atoms with Crippen molar-refractivity contribution in [1.29, 1.82) is 0 Å². The minimum Gasteiger partial charge on any atom is -0.490 e. The summed E-state index contributed by atoms with van der Waals surface area (Å²) in [7, 11) is 0. The van der Waals surface area contributed by atoms with Crippen molar-refractivity contribution in [2.45, 2.75) is 13.5 Å². The summed E-state index contributed by atoms with van der Waals surface area (Å²) in [6.07, 6.45) is 4.86. The smallest absolute Gasteiger partial charge is 0.113 e. The van der Waals surface area contributed by atoms with Crippen LogP contribution in [0.15, 0.2) is 66.9 Å². The predicted molar refractivity (Wildman–Crippen MR) is 92.8 cm³/mol. The number of ether oxygens (including phenoxy) is 1. The number of rotatable bonds is 4. The van der Waals surface area contributed by atoms with Gasteiger partial charge in [-0.3, -0.25) is 9.61 Å². The molecule has 4 rings (SSSR count). The number of nitrogens with zero attached hydrogens (tertiary/aromatic N) is 3. The fourth-order valence-corrected chi connectivity index (χ4v) is 2.63. The fourth-order valence-electron chi connectivity index (χ4n) is 2.63. The van der Waals surface area contributed by atoms with Gasteiger partial charge in [0.25, 0.3) is 0 Å². The van der Waals surface area contributed by atoms with Gasteiger partial charge in [-0.1, -0.05) is 42.5 Å². The Balaban J connectivity index is 0.00000182. The molecule has 0 spiro atoms. The summed E-state index contributed by atoms with van der Waals surface area (Å²) in [5, 5.41) is 4.31. The molecule has 0 N–H and O–H groups in total. The van der Waals surface area contributed by atoms with Crippen molar-refractivity contribution in [3.63, 3.8) is 0 Å². The molecule has 2 aromatic heterocycles. The molecule has 0 saturated carbocycles. The summed E-state index contributed by atoms with van der Waals surface area (Å²) in [4.78, 5) is 4.43. The number of fused-ring (bicyclic) bond motifs is 1. The van der Waals surface area contributed by atoms with Crippen LogP contribution in [-0.2, 0) is 39.3 Å². The Kier molecular flexibility index (Phi) is 5.61. The molecule has 0 aliphatic carbocycles. The van der Waals surface area contributed by atoms with Gasteiger partial charge in [-0.15, -0.1) is 17.2 Å². The van der Waals surface area contributed by atoms with Gasteiger partial charge < -0.3 is 9.72 Å². The molecule has 2 heterocycles. The van der Waals surface area contributed by atoms with Crippen LogP contribution in [0.3, 0.4) is 0 Å². The summed E-state index contributed by atoms with van der Waals surface area (Å²) < 4.78 is 7.70. The first-order valence-electron chi connectivity index (χ1n) is 7.80. The van der Waals surface area contributed by atoms with Crippen LogP contribution in [0.2, 0.25) is 0 Å². The monoisotopic (exact) mass is 403 g/mol. The molecule has 5 heteroatoms. The van der Waals surface area contributed by atoms with Gasteiger partial charge in [-0.2, -0.15) is 0 Å². The minimum atomic E-state index is 0. The number of benzene rings is 2. The second kappa shape index (κ2) is 7.90. The first-order valence-corrected chi connectivity index (χ1v) is 7.80. The zero-order valence-electron chi connectivity index (χ0n) is 13.9. The van der Waals surface area contributed by atoms with Crippen LogP contribution in [0.4, 0.5) is 0 Å². The van der Waals surface area contributed by atoms with Crippen LogP contribution in [0.1, 0.15) is 11.3 Å².